The second-order valence-corrected chi connectivity index (χ2v) is 6.53. The summed E-state index contributed by atoms with van der Waals surface area (Å²) in [5.41, 5.74) is 2.76. The Morgan fingerprint density at radius 2 is 1.78 bits per heavy atom. The third-order valence-corrected chi connectivity index (χ3v) is 4.77. The summed E-state index contributed by atoms with van der Waals surface area (Å²) in [6, 6.07) is 13.3. The fourth-order valence-corrected chi connectivity index (χ4v) is 3.42. The number of ether oxygens (including phenoxy) is 2. The molecule has 0 spiro atoms. The van der Waals surface area contributed by atoms with Gasteiger partial charge < -0.3 is 25.0 Å². The molecule has 1 aliphatic heterocycles. The fourth-order valence-electron chi connectivity index (χ4n) is 3.42. The highest BCUT2D eigenvalue weighted by molar-refractivity contribution is 5.93. The van der Waals surface area contributed by atoms with Crippen LogP contribution in [-0.2, 0) is 6.54 Å². The van der Waals surface area contributed by atoms with Crippen molar-refractivity contribution >= 4 is 17.4 Å². The van der Waals surface area contributed by atoms with Gasteiger partial charge in [0.25, 0.3) is 0 Å². The monoisotopic (exact) mass is 369 g/mol. The molecule has 0 atom stereocenters. The molecular formula is C21H27N3O3. The summed E-state index contributed by atoms with van der Waals surface area (Å²) in [5, 5.41) is 5.88. The molecule has 0 unspecified atom stereocenters. The maximum Gasteiger partial charge on any atom is 0.319 e. The number of hydrogen-bond acceptors (Lipinski definition) is 4. The molecule has 0 radical (unpaired) electrons. The third kappa shape index (κ3) is 4.64. The average Bonchev–Trinajstić information content (AvgIpc) is 2.72. The van der Waals surface area contributed by atoms with Crippen molar-refractivity contribution in [1.82, 2.24) is 5.32 Å². The minimum atomic E-state index is -0.246. The van der Waals surface area contributed by atoms with Gasteiger partial charge in [-0.3, -0.25) is 0 Å². The van der Waals surface area contributed by atoms with Gasteiger partial charge in [-0.2, -0.15) is 0 Å². The Morgan fingerprint density at radius 1 is 1.00 bits per heavy atom. The van der Waals surface area contributed by atoms with E-state index >= 15 is 0 Å². The van der Waals surface area contributed by atoms with Crippen molar-refractivity contribution in [3.63, 3.8) is 0 Å². The van der Waals surface area contributed by atoms with Gasteiger partial charge in [0.2, 0.25) is 0 Å². The Morgan fingerprint density at radius 3 is 2.52 bits per heavy atom. The van der Waals surface area contributed by atoms with Gasteiger partial charge in [0.1, 0.15) is 0 Å². The molecule has 2 aromatic carbocycles. The second kappa shape index (κ2) is 9.16. The van der Waals surface area contributed by atoms with Gasteiger partial charge in [-0.25, -0.2) is 4.79 Å². The van der Waals surface area contributed by atoms with Crippen LogP contribution in [0.25, 0.3) is 0 Å². The van der Waals surface area contributed by atoms with E-state index in [2.05, 4.69) is 21.6 Å². The summed E-state index contributed by atoms with van der Waals surface area (Å²) in [4.78, 5) is 14.8. The predicted molar refractivity (Wildman–Crippen MR) is 108 cm³/mol. The first-order chi connectivity index (χ1) is 13.2. The molecule has 0 bridgehead atoms. The lowest BCUT2D eigenvalue weighted by molar-refractivity contribution is 0.251. The van der Waals surface area contributed by atoms with Crippen LogP contribution >= 0.6 is 0 Å². The van der Waals surface area contributed by atoms with E-state index in [1.54, 1.807) is 14.2 Å². The van der Waals surface area contributed by atoms with Gasteiger partial charge in [0.15, 0.2) is 11.5 Å². The molecule has 2 aromatic rings. The zero-order chi connectivity index (χ0) is 19.1. The van der Waals surface area contributed by atoms with Crippen LogP contribution in [-0.4, -0.2) is 33.3 Å². The van der Waals surface area contributed by atoms with Crippen molar-refractivity contribution in [3.05, 3.63) is 48.0 Å². The van der Waals surface area contributed by atoms with Crippen molar-refractivity contribution in [2.24, 2.45) is 0 Å². The molecule has 27 heavy (non-hydrogen) atoms. The first-order valence-electron chi connectivity index (χ1n) is 9.31. The number of amides is 2. The number of benzene rings is 2. The topological polar surface area (TPSA) is 62.8 Å². The number of carbonyl (C=O) groups excluding carboxylic acids is 1. The van der Waals surface area contributed by atoms with E-state index in [1.807, 2.05) is 36.4 Å². The molecule has 0 saturated carbocycles. The van der Waals surface area contributed by atoms with Crippen molar-refractivity contribution in [3.8, 4) is 11.5 Å². The number of para-hydroxylation sites is 3. The summed E-state index contributed by atoms with van der Waals surface area (Å²) in [6.07, 6.45) is 3.65. The minimum absolute atomic E-state index is 0.246. The number of nitrogens with one attached hydrogen (secondary N) is 2. The standard InChI is InChI=1S/C21H27N3O3/c1-26-19-12-8-9-16(20(19)27-2)15-22-21(25)23-17-10-4-5-11-18(17)24-13-6-3-7-14-24/h4-5,8-12H,3,6-7,13-15H2,1-2H3,(H2,22,23,25). The molecular weight excluding hydrogens is 342 g/mol. The third-order valence-electron chi connectivity index (χ3n) is 4.77. The normalized spacial score (nSPS) is 13.8. The molecule has 1 saturated heterocycles. The van der Waals surface area contributed by atoms with Gasteiger partial charge >= 0.3 is 6.03 Å². The molecule has 2 N–H and O–H groups in total. The fraction of sp³-hybridized carbons (Fsp3) is 0.381. The van der Waals surface area contributed by atoms with E-state index in [9.17, 15) is 4.79 Å². The van der Waals surface area contributed by atoms with E-state index in [1.165, 1.54) is 19.3 Å². The number of nitrogens with zero attached hydrogens (tertiary/aromatic N) is 1. The number of hydrogen-bond donors (Lipinski definition) is 2. The van der Waals surface area contributed by atoms with Crippen LogP contribution in [0.1, 0.15) is 24.8 Å². The molecule has 2 amide bonds. The molecule has 1 aliphatic rings. The van der Waals surface area contributed by atoms with E-state index in [0.717, 1.165) is 30.0 Å². The molecule has 6 heteroatoms. The van der Waals surface area contributed by atoms with Crippen molar-refractivity contribution in [2.45, 2.75) is 25.8 Å². The number of rotatable bonds is 6. The number of urea groups is 1. The SMILES string of the molecule is COc1cccc(CNC(=O)Nc2ccccc2N2CCCCC2)c1OC. The largest absolute Gasteiger partial charge is 0.493 e. The van der Waals surface area contributed by atoms with Crippen molar-refractivity contribution < 1.29 is 14.3 Å². The highest BCUT2D eigenvalue weighted by Crippen LogP contribution is 2.31. The maximum atomic E-state index is 12.5. The molecule has 3 rings (SSSR count). The van der Waals surface area contributed by atoms with E-state index in [0.29, 0.717) is 18.0 Å². The lowest BCUT2D eigenvalue weighted by Crippen LogP contribution is -2.32. The number of carbonyl (C=O) groups is 1. The van der Waals surface area contributed by atoms with Gasteiger partial charge in [0, 0.05) is 25.2 Å². The smallest absolute Gasteiger partial charge is 0.319 e. The Hall–Kier alpha value is -2.89. The molecule has 6 nitrogen and oxygen atoms in total. The van der Waals surface area contributed by atoms with Crippen LogP contribution in [0.4, 0.5) is 16.2 Å². The predicted octanol–water partition coefficient (Wildman–Crippen LogP) is 4.02. The maximum absolute atomic E-state index is 12.5. The van der Waals surface area contributed by atoms with Crippen molar-refractivity contribution in [2.75, 3.05) is 37.5 Å². The summed E-state index contributed by atoms with van der Waals surface area (Å²) in [5.74, 6) is 1.28. The van der Waals surface area contributed by atoms with Gasteiger partial charge in [-0.1, -0.05) is 24.3 Å². The summed E-state index contributed by atoms with van der Waals surface area (Å²) in [7, 11) is 3.19. The van der Waals surface area contributed by atoms with Gasteiger partial charge in [-0.15, -0.1) is 0 Å². The first-order valence-corrected chi connectivity index (χ1v) is 9.31. The van der Waals surface area contributed by atoms with E-state index < -0.39 is 0 Å². The number of methoxy groups -OCH3 is 2. The van der Waals surface area contributed by atoms with Crippen LogP contribution in [0, 0.1) is 0 Å². The zero-order valence-electron chi connectivity index (χ0n) is 16.0. The number of piperidine rings is 1. The number of anilines is 2. The van der Waals surface area contributed by atoms with Crippen LogP contribution < -0.4 is 25.0 Å². The average molecular weight is 369 g/mol. The lowest BCUT2D eigenvalue weighted by Gasteiger charge is -2.30. The Bertz CT molecular complexity index is 773. The first kappa shape index (κ1) is 18.9. The van der Waals surface area contributed by atoms with E-state index in [4.69, 9.17) is 9.47 Å². The lowest BCUT2D eigenvalue weighted by atomic mass is 10.1. The molecule has 0 aromatic heterocycles. The van der Waals surface area contributed by atoms with Crippen molar-refractivity contribution in [1.29, 1.82) is 0 Å². The summed E-state index contributed by atoms with van der Waals surface area (Å²) in [6.45, 7) is 2.40. The van der Waals surface area contributed by atoms with E-state index in [-0.39, 0.29) is 6.03 Å². The quantitative estimate of drug-likeness (QED) is 0.807. The Kier molecular flexibility index (Phi) is 6.41. The molecule has 1 heterocycles. The van der Waals surface area contributed by atoms with Crippen LogP contribution in [0.3, 0.4) is 0 Å². The van der Waals surface area contributed by atoms with Crippen LogP contribution in [0.15, 0.2) is 42.5 Å². The summed E-state index contributed by atoms with van der Waals surface area (Å²) < 4.78 is 10.7. The minimum Gasteiger partial charge on any atom is -0.493 e. The molecule has 1 fully saturated rings. The van der Waals surface area contributed by atoms with Crippen LogP contribution in [0.2, 0.25) is 0 Å². The Balaban J connectivity index is 1.65. The molecule has 144 valence electrons. The van der Waals surface area contributed by atoms with Gasteiger partial charge in [-0.05, 0) is 37.5 Å². The van der Waals surface area contributed by atoms with Gasteiger partial charge in [0.05, 0.1) is 25.6 Å². The highest BCUT2D eigenvalue weighted by atomic mass is 16.5. The highest BCUT2D eigenvalue weighted by Gasteiger charge is 2.16. The molecule has 0 aliphatic carbocycles. The zero-order valence-corrected chi connectivity index (χ0v) is 16.0. The second-order valence-electron chi connectivity index (χ2n) is 6.53. The van der Waals surface area contributed by atoms with Crippen LogP contribution in [0.5, 0.6) is 11.5 Å². The Labute approximate surface area is 160 Å². The summed E-state index contributed by atoms with van der Waals surface area (Å²) >= 11 is 0.